The lowest BCUT2D eigenvalue weighted by atomic mass is 9.79. The third kappa shape index (κ3) is 2.17. The Morgan fingerprint density at radius 1 is 1.00 bits per heavy atom. The Balaban J connectivity index is 1.91. The molecule has 0 saturated carbocycles. The fourth-order valence-corrected chi connectivity index (χ4v) is 3.61. The molecule has 6 heteroatoms. The molecule has 2 aromatic carbocycles. The van der Waals surface area contributed by atoms with Gasteiger partial charge >= 0.3 is 6.09 Å². The van der Waals surface area contributed by atoms with Crippen LogP contribution in [0.25, 0.3) is 0 Å². The molecule has 2 saturated heterocycles. The summed E-state index contributed by atoms with van der Waals surface area (Å²) < 4.78 is 32.6. The van der Waals surface area contributed by atoms with Gasteiger partial charge in [0.1, 0.15) is 11.6 Å². The van der Waals surface area contributed by atoms with E-state index in [1.807, 2.05) is 0 Å². The molecule has 1 unspecified atom stereocenters. The van der Waals surface area contributed by atoms with Crippen molar-refractivity contribution in [1.82, 2.24) is 10.2 Å². The van der Waals surface area contributed by atoms with E-state index in [1.54, 1.807) is 29.2 Å². The maximum absolute atomic E-state index is 13.4. The molecule has 0 spiro atoms. The number of piperazine rings is 1. The Bertz CT molecular complexity index is 716. The Hall–Kier alpha value is -2.47. The van der Waals surface area contributed by atoms with Crippen molar-refractivity contribution in [2.24, 2.45) is 0 Å². The van der Waals surface area contributed by atoms with Gasteiger partial charge in [-0.25, -0.2) is 13.6 Å². The van der Waals surface area contributed by atoms with Gasteiger partial charge in [0.15, 0.2) is 5.60 Å². The van der Waals surface area contributed by atoms with Crippen LogP contribution in [0.4, 0.5) is 13.6 Å². The first kappa shape index (κ1) is 15.1. The van der Waals surface area contributed by atoms with Crippen LogP contribution in [-0.2, 0) is 10.3 Å². The van der Waals surface area contributed by atoms with Crippen molar-refractivity contribution < 1.29 is 18.3 Å². The smallest absolute Gasteiger partial charge is 0.411 e. The highest BCUT2D eigenvalue weighted by Gasteiger charge is 2.56. The molecule has 1 atom stereocenters. The van der Waals surface area contributed by atoms with E-state index in [1.165, 1.54) is 24.3 Å². The number of hydrogen-bond donors (Lipinski definition) is 1. The Morgan fingerprint density at radius 3 is 2.08 bits per heavy atom. The van der Waals surface area contributed by atoms with Crippen LogP contribution in [0.2, 0.25) is 0 Å². The lowest BCUT2D eigenvalue weighted by molar-refractivity contribution is 0.0657. The summed E-state index contributed by atoms with van der Waals surface area (Å²) in [5.74, 6) is -0.730. The second kappa shape index (κ2) is 5.56. The maximum atomic E-state index is 13.4. The maximum Gasteiger partial charge on any atom is 0.411 e. The molecule has 0 aliphatic carbocycles. The number of nitrogens with one attached hydrogen (secondary N) is 1. The topological polar surface area (TPSA) is 41.6 Å². The number of cyclic esters (lactones) is 1. The van der Waals surface area contributed by atoms with E-state index in [-0.39, 0.29) is 17.7 Å². The highest BCUT2D eigenvalue weighted by Crippen LogP contribution is 2.44. The normalized spacial score (nSPS) is 22.2. The van der Waals surface area contributed by atoms with E-state index in [0.29, 0.717) is 30.8 Å². The van der Waals surface area contributed by atoms with E-state index in [0.717, 1.165) is 0 Å². The van der Waals surface area contributed by atoms with Crippen LogP contribution in [0, 0.1) is 11.6 Å². The summed E-state index contributed by atoms with van der Waals surface area (Å²) in [6.07, 6.45) is -0.407. The minimum Gasteiger partial charge on any atom is -0.431 e. The monoisotopic (exact) mass is 330 g/mol. The lowest BCUT2D eigenvalue weighted by Gasteiger charge is -2.38. The van der Waals surface area contributed by atoms with Gasteiger partial charge in [0.2, 0.25) is 0 Å². The summed E-state index contributed by atoms with van der Waals surface area (Å²) in [6.45, 7) is 1.77. The van der Waals surface area contributed by atoms with Gasteiger partial charge in [-0.15, -0.1) is 0 Å². The molecular formula is C18H16F2N2O2. The molecule has 1 N–H and O–H groups in total. The summed E-state index contributed by atoms with van der Waals surface area (Å²) in [5.41, 5.74) is 0.242. The Morgan fingerprint density at radius 2 is 1.54 bits per heavy atom. The van der Waals surface area contributed by atoms with Gasteiger partial charge in [0, 0.05) is 30.8 Å². The van der Waals surface area contributed by atoms with Crippen LogP contribution >= 0.6 is 0 Å². The van der Waals surface area contributed by atoms with Crippen molar-refractivity contribution in [3.05, 3.63) is 71.3 Å². The molecule has 1 amide bonds. The second-order valence-corrected chi connectivity index (χ2v) is 6.03. The molecule has 2 aliphatic heterocycles. The predicted molar refractivity (Wildman–Crippen MR) is 83.4 cm³/mol. The number of benzene rings is 2. The third-order valence-corrected chi connectivity index (χ3v) is 4.74. The van der Waals surface area contributed by atoms with Crippen molar-refractivity contribution in [2.45, 2.75) is 11.6 Å². The van der Waals surface area contributed by atoms with Gasteiger partial charge in [-0.3, -0.25) is 4.90 Å². The average Bonchev–Trinajstić information content (AvgIpc) is 2.91. The van der Waals surface area contributed by atoms with Crippen molar-refractivity contribution in [3.8, 4) is 0 Å². The molecule has 2 aliphatic rings. The number of ether oxygens (including phenoxy) is 1. The minimum absolute atomic E-state index is 0.283. The SMILES string of the molecule is O=C1OC(c2ccc(F)cc2)(c2ccc(F)cc2)C2CNCCN12. The van der Waals surface area contributed by atoms with Crippen LogP contribution in [0.1, 0.15) is 11.1 Å². The summed E-state index contributed by atoms with van der Waals surface area (Å²) in [4.78, 5) is 14.1. The molecule has 24 heavy (non-hydrogen) atoms. The summed E-state index contributed by atoms with van der Waals surface area (Å²) >= 11 is 0. The van der Waals surface area contributed by atoms with E-state index < -0.39 is 11.7 Å². The Kier molecular flexibility index (Phi) is 3.49. The van der Waals surface area contributed by atoms with Gasteiger partial charge < -0.3 is 10.1 Å². The van der Waals surface area contributed by atoms with Crippen molar-refractivity contribution >= 4 is 6.09 Å². The first-order valence-corrected chi connectivity index (χ1v) is 7.84. The molecule has 0 bridgehead atoms. The molecule has 4 rings (SSSR count). The zero-order valence-corrected chi connectivity index (χ0v) is 12.8. The van der Waals surface area contributed by atoms with Gasteiger partial charge in [0.05, 0.1) is 6.04 Å². The quantitative estimate of drug-likeness (QED) is 0.920. The lowest BCUT2D eigenvalue weighted by Crippen LogP contribution is -2.55. The van der Waals surface area contributed by atoms with Crippen LogP contribution < -0.4 is 5.32 Å². The molecule has 124 valence electrons. The largest absolute Gasteiger partial charge is 0.431 e. The Labute approximate surface area is 138 Å². The summed E-state index contributed by atoms with van der Waals surface area (Å²) in [6, 6.07) is 11.5. The molecule has 2 aromatic rings. The van der Waals surface area contributed by atoms with E-state index in [2.05, 4.69) is 5.32 Å². The van der Waals surface area contributed by atoms with Crippen LogP contribution in [0.5, 0.6) is 0 Å². The van der Waals surface area contributed by atoms with Crippen molar-refractivity contribution in [3.63, 3.8) is 0 Å². The number of carbonyl (C=O) groups excluding carboxylic acids is 1. The number of rotatable bonds is 2. The van der Waals surface area contributed by atoms with Crippen molar-refractivity contribution in [2.75, 3.05) is 19.6 Å². The number of nitrogens with zero attached hydrogens (tertiary/aromatic N) is 1. The van der Waals surface area contributed by atoms with E-state index >= 15 is 0 Å². The first-order chi connectivity index (χ1) is 11.6. The van der Waals surface area contributed by atoms with Gasteiger partial charge in [-0.05, 0) is 24.3 Å². The average molecular weight is 330 g/mol. The van der Waals surface area contributed by atoms with Crippen LogP contribution in [-0.4, -0.2) is 36.7 Å². The van der Waals surface area contributed by atoms with Crippen LogP contribution in [0.3, 0.4) is 0 Å². The van der Waals surface area contributed by atoms with Gasteiger partial charge in [-0.1, -0.05) is 24.3 Å². The highest BCUT2D eigenvalue weighted by molar-refractivity contribution is 5.74. The third-order valence-electron chi connectivity index (χ3n) is 4.74. The number of hydrogen-bond acceptors (Lipinski definition) is 3. The number of fused-ring (bicyclic) bond motifs is 1. The standard InChI is InChI=1S/C18H16F2N2O2/c19-14-5-1-12(2-6-14)18(13-3-7-15(20)8-4-13)16-11-21-9-10-22(16)17(23)24-18/h1-8,16,21H,9-11H2. The van der Waals surface area contributed by atoms with E-state index in [4.69, 9.17) is 4.74 Å². The predicted octanol–water partition coefficient (Wildman–Crippen LogP) is 2.63. The zero-order chi connectivity index (χ0) is 16.7. The molecule has 0 radical (unpaired) electrons. The summed E-state index contributed by atoms with van der Waals surface area (Å²) in [5, 5.41) is 3.27. The number of carbonyl (C=O) groups is 1. The second-order valence-electron chi connectivity index (χ2n) is 6.03. The molecule has 2 heterocycles. The molecule has 4 nitrogen and oxygen atoms in total. The van der Waals surface area contributed by atoms with Gasteiger partial charge in [0.25, 0.3) is 0 Å². The molecular weight excluding hydrogens is 314 g/mol. The summed E-state index contributed by atoms with van der Waals surface area (Å²) in [7, 11) is 0. The van der Waals surface area contributed by atoms with Crippen LogP contribution in [0.15, 0.2) is 48.5 Å². The number of amides is 1. The first-order valence-electron chi connectivity index (χ1n) is 7.84. The minimum atomic E-state index is -1.09. The fourth-order valence-electron chi connectivity index (χ4n) is 3.61. The van der Waals surface area contributed by atoms with E-state index in [9.17, 15) is 13.6 Å². The highest BCUT2D eigenvalue weighted by atomic mass is 19.1. The molecule has 2 fully saturated rings. The van der Waals surface area contributed by atoms with Gasteiger partial charge in [-0.2, -0.15) is 0 Å². The fraction of sp³-hybridized carbons (Fsp3) is 0.278. The number of halogens is 2. The van der Waals surface area contributed by atoms with Crippen molar-refractivity contribution in [1.29, 1.82) is 0 Å². The zero-order valence-electron chi connectivity index (χ0n) is 12.8. The molecule has 0 aromatic heterocycles.